The number of pyridine rings is 1. The lowest BCUT2D eigenvalue weighted by Gasteiger charge is -2.11. The van der Waals surface area contributed by atoms with Gasteiger partial charge in [-0.05, 0) is 66.2 Å². The number of para-hydroxylation sites is 1. The summed E-state index contributed by atoms with van der Waals surface area (Å²) >= 11 is 3.52. The first kappa shape index (κ1) is 18.6. The number of nitrogens with one attached hydrogen (secondary N) is 1. The van der Waals surface area contributed by atoms with Gasteiger partial charge in [0.15, 0.2) is 0 Å². The number of fused-ring (bicyclic) bond motifs is 1. The van der Waals surface area contributed by atoms with Crippen molar-refractivity contribution in [1.82, 2.24) is 14.8 Å². The zero-order valence-electron chi connectivity index (χ0n) is 15.2. The second-order valence-corrected chi connectivity index (χ2v) is 8.82. The molecule has 0 spiro atoms. The summed E-state index contributed by atoms with van der Waals surface area (Å²) in [5, 5.41) is 5.26. The van der Waals surface area contributed by atoms with Crippen LogP contribution in [-0.4, -0.2) is 23.2 Å². The van der Waals surface area contributed by atoms with Gasteiger partial charge in [-0.3, -0.25) is 9.71 Å². The van der Waals surface area contributed by atoms with Gasteiger partial charge in [0.05, 0.1) is 27.1 Å². The van der Waals surface area contributed by atoms with Crippen LogP contribution >= 0.6 is 15.9 Å². The van der Waals surface area contributed by atoms with Gasteiger partial charge >= 0.3 is 0 Å². The van der Waals surface area contributed by atoms with E-state index in [-0.39, 0.29) is 4.90 Å². The first-order chi connectivity index (χ1) is 13.4. The summed E-state index contributed by atoms with van der Waals surface area (Å²) in [5.74, 6) is 0. The number of sulfonamides is 1. The Kier molecular flexibility index (Phi) is 4.68. The van der Waals surface area contributed by atoms with E-state index in [0.29, 0.717) is 11.2 Å². The van der Waals surface area contributed by atoms with Crippen LogP contribution in [-0.2, 0) is 10.0 Å². The van der Waals surface area contributed by atoms with Crippen LogP contribution in [0.1, 0.15) is 11.4 Å². The molecule has 142 valence electrons. The number of aryl methyl sites for hydroxylation is 1. The van der Waals surface area contributed by atoms with Gasteiger partial charge in [-0.25, -0.2) is 13.1 Å². The molecular formula is C20H17BrN4O2S. The minimum absolute atomic E-state index is 0.150. The lowest BCUT2D eigenvalue weighted by Crippen LogP contribution is -2.13. The molecule has 0 amide bonds. The summed E-state index contributed by atoms with van der Waals surface area (Å²) in [6.45, 7) is 3.89. The van der Waals surface area contributed by atoms with E-state index in [1.54, 1.807) is 36.5 Å². The fourth-order valence-corrected chi connectivity index (χ4v) is 4.54. The normalized spacial score (nSPS) is 11.7. The monoisotopic (exact) mass is 456 g/mol. The van der Waals surface area contributed by atoms with Gasteiger partial charge < -0.3 is 0 Å². The molecule has 28 heavy (non-hydrogen) atoms. The average molecular weight is 457 g/mol. The Morgan fingerprint density at radius 3 is 2.39 bits per heavy atom. The maximum Gasteiger partial charge on any atom is 0.264 e. The van der Waals surface area contributed by atoms with Crippen molar-refractivity contribution in [3.05, 3.63) is 76.7 Å². The topological polar surface area (TPSA) is 76.9 Å². The molecule has 0 aliphatic heterocycles. The summed E-state index contributed by atoms with van der Waals surface area (Å²) in [6, 6.07) is 15.8. The fraction of sp³-hybridized carbons (Fsp3) is 0.100. The van der Waals surface area contributed by atoms with Crippen LogP contribution in [0.5, 0.6) is 0 Å². The van der Waals surface area contributed by atoms with E-state index in [1.807, 2.05) is 42.8 Å². The van der Waals surface area contributed by atoms with Crippen LogP contribution in [0.4, 0.5) is 5.69 Å². The summed E-state index contributed by atoms with van der Waals surface area (Å²) in [4.78, 5) is 4.38. The van der Waals surface area contributed by atoms with Crippen LogP contribution in [0.25, 0.3) is 16.6 Å². The summed E-state index contributed by atoms with van der Waals surface area (Å²) in [6.07, 6.45) is 1.59. The minimum Gasteiger partial charge on any atom is -0.280 e. The highest BCUT2D eigenvalue weighted by atomic mass is 79.9. The lowest BCUT2D eigenvalue weighted by atomic mass is 10.2. The number of halogens is 1. The molecule has 0 saturated carbocycles. The van der Waals surface area contributed by atoms with E-state index in [1.165, 1.54) is 0 Å². The Balaban J connectivity index is 1.66. The first-order valence-corrected chi connectivity index (χ1v) is 10.8. The third kappa shape index (κ3) is 3.29. The average Bonchev–Trinajstić information content (AvgIpc) is 2.95. The van der Waals surface area contributed by atoms with Crippen LogP contribution < -0.4 is 4.72 Å². The van der Waals surface area contributed by atoms with E-state index in [2.05, 4.69) is 30.7 Å². The molecule has 0 radical (unpaired) electrons. The first-order valence-electron chi connectivity index (χ1n) is 8.55. The molecule has 4 rings (SSSR count). The maximum absolute atomic E-state index is 12.9. The number of nitrogens with zero attached hydrogens (tertiary/aromatic N) is 3. The minimum atomic E-state index is -3.77. The largest absolute Gasteiger partial charge is 0.280 e. The smallest absolute Gasteiger partial charge is 0.264 e. The quantitative estimate of drug-likeness (QED) is 0.486. The van der Waals surface area contributed by atoms with E-state index in [4.69, 9.17) is 0 Å². The van der Waals surface area contributed by atoms with Crippen LogP contribution in [0.15, 0.2) is 70.2 Å². The molecule has 6 nitrogen and oxygen atoms in total. The van der Waals surface area contributed by atoms with Crippen LogP contribution in [0, 0.1) is 13.8 Å². The van der Waals surface area contributed by atoms with E-state index < -0.39 is 10.0 Å². The van der Waals surface area contributed by atoms with Crippen LogP contribution in [0.2, 0.25) is 0 Å². The Hall–Kier alpha value is -2.71. The molecule has 0 atom stereocenters. The highest BCUT2D eigenvalue weighted by Gasteiger charge is 2.18. The zero-order valence-corrected chi connectivity index (χ0v) is 17.6. The van der Waals surface area contributed by atoms with Gasteiger partial charge in [0.25, 0.3) is 10.0 Å². The van der Waals surface area contributed by atoms with Crippen molar-refractivity contribution in [2.24, 2.45) is 0 Å². The summed E-state index contributed by atoms with van der Waals surface area (Å²) in [5.41, 5.74) is 3.64. The van der Waals surface area contributed by atoms with E-state index in [0.717, 1.165) is 26.9 Å². The predicted molar refractivity (Wildman–Crippen MR) is 113 cm³/mol. The predicted octanol–water partition coefficient (Wildman–Crippen LogP) is 4.60. The number of hydrogen-bond donors (Lipinski definition) is 1. The highest BCUT2D eigenvalue weighted by Crippen LogP contribution is 2.26. The number of rotatable bonds is 4. The third-order valence-electron chi connectivity index (χ3n) is 4.45. The van der Waals surface area contributed by atoms with Gasteiger partial charge in [-0.15, -0.1) is 0 Å². The van der Waals surface area contributed by atoms with Crippen molar-refractivity contribution >= 4 is 42.5 Å². The number of anilines is 1. The Labute approximate surface area is 171 Å². The van der Waals surface area contributed by atoms with E-state index >= 15 is 0 Å². The van der Waals surface area contributed by atoms with Crippen molar-refractivity contribution < 1.29 is 8.42 Å². The molecular weight excluding hydrogens is 440 g/mol. The molecule has 2 heterocycles. The van der Waals surface area contributed by atoms with Crippen molar-refractivity contribution in [3.8, 4) is 5.69 Å². The molecule has 2 aromatic carbocycles. The standard InChI is InChI=1S/C20H17BrN4O2S/c1-13-19(21)14(2)25(23-13)17-10-8-16(9-11-17)24-28(26,27)18-7-3-5-15-6-4-12-22-20(15)18/h3-12,24H,1-2H3. The van der Waals surface area contributed by atoms with Crippen molar-refractivity contribution in [1.29, 1.82) is 0 Å². The lowest BCUT2D eigenvalue weighted by molar-refractivity contribution is 0.602. The second kappa shape index (κ2) is 7.03. The Morgan fingerprint density at radius 2 is 1.71 bits per heavy atom. The molecule has 0 unspecified atom stereocenters. The number of hydrogen-bond acceptors (Lipinski definition) is 4. The third-order valence-corrected chi connectivity index (χ3v) is 7.01. The highest BCUT2D eigenvalue weighted by molar-refractivity contribution is 9.10. The number of aromatic nitrogens is 3. The SMILES string of the molecule is Cc1nn(-c2ccc(NS(=O)(=O)c3cccc4cccnc34)cc2)c(C)c1Br. The number of benzene rings is 2. The van der Waals surface area contributed by atoms with Crippen molar-refractivity contribution in [2.75, 3.05) is 4.72 Å². The molecule has 0 bridgehead atoms. The van der Waals surface area contributed by atoms with E-state index in [9.17, 15) is 8.42 Å². The molecule has 4 aromatic rings. The van der Waals surface area contributed by atoms with Gasteiger partial charge in [-0.1, -0.05) is 18.2 Å². The van der Waals surface area contributed by atoms with Gasteiger partial charge in [0.1, 0.15) is 4.90 Å². The zero-order chi connectivity index (χ0) is 19.9. The van der Waals surface area contributed by atoms with Gasteiger partial charge in [-0.2, -0.15) is 5.10 Å². The second-order valence-electron chi connectivity index (χ2n) is 6.38. The fourth-order valence-electron chi connectivity index (χ4n) is 3.05. The maximum atomic E-state index is 12.9. The van der Waals surface area contributed by atoms with Gasteiger partial charge in [0, 0.05) is 17.3 Å². The van der Waals surface area contributed by atoms with Crippen molar-refractivity contribution in [3.63, 3.8) is 0 Å². The van der Waals surface area contributed by atoms with Crippen LogP contribution in [0.3, 0.4) is 0 Å². The molecule has 1 N–H and O–H groups in total. The van der Waals surface area contributed by atoms with Gasteiger partial charge in [0.2, 0.25) is 0 Å². The summed E-state index contributed by atoms with van der Waals surface area (Å²) in [7, 11) is -3.77. The van der Waals surface area contributed by atoms with Crippen molar-refractivity contribution in [2.45, 2.75) is 18.7 Å². The molecule has 2 aromatic heterocycles. The molecule has 0 saturated heterocycles. The Bertz CT molecular complexity index is 1280. The summed E-state index contributed by atoms with van der Waals surface area (Å²) < 4.78 is 31.2. The molecule has 0 fully saturated rings. The Morgan fingerprint density at radius 1 is 1.00 bits per heavy atom. The molecule has 8 heteroatoms. The molecule has 0 aliphatic carbocycles. The molecule has 0 aliphatic rings.